The van der Waals surface area contributed by atoms with E-state index in [0.29, 0.717) is 35.8 Å². The molecular weight excluding hydrogens is 432 g/mol. The van der Waals surface area contributed by atoms with E-state index >= 15 is 0 Å². The summed E-state index contributed by atoms with van der Waals surface area (Å²) in [5, 5.41) is 0. The molecule has 0 unspecified atom stereocenters. The molecule has 6 heteroatoms. The summed E-state index contributed by atoms with van der Waals surface area (Å²) >= 11 is 0. The fourth-order valence-electron chi connectivity index (χ4n) is 4.35. The molecule has 0 amide bonds. The van der Waals surface area contributed by atoms with Crippen LogP contribution in [0.15, 0.2) is 48.6 Å². The van der Waals surface area contributed by atoms with Crippen molar-refractivity contribution in [1.29, 1.82) is 0 Å². The Morgan fingerprint density at radius 2 is 1.06 bits per heavy atom. The highest BCUT2D eigenvalue weighted by Crippen LogP contribution is 2.39. The maximum atomic E-state index is 13.4. The van der Waals surface area contributed by atoms with Crippen LogP contribution in [0.3, 0.4) is 0 Å². The van der Waals surface area contributed by atoms with Crippen LogP contribution in [-0.4, -0.2) is 40.0 Å². The quantitative estimate of drug-likeness (QED) is 0.340. The molecule has 0 N–H and O–H groups in total. The van der Waals surface area contributed by atoms with Gasteiger partial charge in [0.05, 0.1) is 33.9 Å². The average molecular weight is 465 g/mol. The van der Waals surface area contributed by atoms with E-state index < -0.39 is 5.41 Å². The highest BCUT2D eigenvalue weighted by molar-refractivity contribution is 6.17. The number of carbonyl (C=O) groups is 2. The zero-order chi connectivity index (χ0) is 24.6. The number of ether oxygens (including phenoxy) is 4. The van der Waals surface area contributed by atoms with Crippen LogP contribution in [0.4, 0.5) is 0 Å². The molecule has 1 aliphatic rings. The van der Waals surface area contributed by atoms with Crippen molar-refractivity contribution in [3.63, 3.8) is 0 Å². The number of allylic oxidation sites excluding steroid dienone is 2. The van der Waals surface area contributed by atoms with Gasteiger partial charge in [-0.3, -0.25) is 9.59 Å². The van der Waals surface area contributed by atoms with E-state index in [2.05, 4.69) is 0 Å². The van der Waals surface area contributed by atoms with E-state index in [1.807, 2.05) is 12.1 Å². The highest BCUT2D eigenvalue weighted by Gasteiger charge is 2.43. The first-order valence-electron chi connectivity index (χ1n) is 11.4. The largest absolute Gasteiger partial charge is 0.493 e. The van der Waals surface area contributed by atoms with Gasteiger partial charge in [0.15, 0.2) is 34.6 Å². The molecule has 2 aromatic carbocycles. The van der Waals surface area contributed by atoms with Gasteiger partial charge in [0, 0.05) is 0 Å². The summed E-state index contributed by atoms with van der Waals surface area (Å²) in [6.45, 7) is 0. The van der Waals surface area contributed by atoms with Crippen molar-refractivity contribution >= 4 is 23.7 Å². The molecule has 0 radical (unpaired) electrons. The van der Waals surface area contributed by atoms with Crippen molar-refractivity contribution in [2.75, 3.05) is 28.4 Å². The second-order valence-corrected chi connectivity index (χ2v) is 8.27. The van der Waals surface area contributed by atoms with Gasteiger partial charge in [-0.05, 0) is 60.4 Å². The number of benzene rings is 2. The Kier molecular flexibility index (Phi) is 8.52. The van der Waals surface area contributed by atoms with Gasteiger partial charge in [-0.15, -0.1) is 0 Å². The zero-order valence-electron chi connectivity index (χ0n) is 20.3. The average Bonchev–Trinajstić information content (AvgIpc) is 2.90. The third-order valence-corrected chi connectivity index (χ3v) is 6.32. The number of hydrogen-bond acceptors (Lipinski definition) is 6. The predicted molar refractivity (Wildman–Crippen MR) is 133 cm³/mol. The van der Waals surface area contributed by atoms with Gasteiger partial charge < -0.3 is 18.9 Å². The highest BCUT2D eigenvalue weighted by atomic mass is 16.5. The lowest BCUT2D eigenvalue weighted by Gasteiger charge is -2.32. The first kappa shape index (κ1) is 25.1. The minimum Gasteiger partial charge on any atom is -0.493 e. The van der Waals surface area contributed by atoms with Crippen LogP contribution in [0, 0.1) is 5.41 Å². The van der Waals surface area contributed by atoms with Crippen molar-refractivity contribution < 1.29 is 28.5 Å². The van der Waals surface area contributed by atoms with Crippen LogP contribution < -0.4 is 18.9 Å². The molecule has 180 valence electrons. The Bertz CT molecular complexity index is 997. The van der Waals surface area contributed by atoms with Crippen molar-refractivity contribution in [2.24, 2.45) is 5.41 Å². The lowest BCUT2D eigenvalue weighted by molar-refractivity contribution is -0.137. The van der Waals surface area contributed by atoms with Gasteiger partial charge in [0.1, 0.15) is 0 Å². The standard InChI is InChI=1S/C28H32O6/c1-31-22-12-8-20(18-24(22)33-3)10-14-26(29)28(16-6-5-7-17-28)27(30)15-11-21-9-13-23(32-2)25(19-21)34-4/h8-15,18-19H,5-7,16-17H2,1-4H3/b14-10-,15-11+. The molecule has 3 rings (SSSR count). The second-order valence-electron chi connectivity index (χ2n) is 8.27. The third-order valence-electron chi connectivity index (χ3n) is 6.32. The molecule has 1 aliphatic carbocycles. The molecule has 0 atom stereocenters. The van der Waals surface area contributed by atoms with Crippen LogP contribution >= 0.6 is 0 Å². The molecule has 0 bridgehead atoms. The summed E-state index contributed by atoms with van der Waals surface area (Å²) in [5.41, 5.74) is 0.564. The molecule has 1 fully saturated rings. The van der Waals surface area contributed by atoms with Crippen LogP contribution in [0.25, 0.3) is 12.2 Å². The van der Waals surface area contributed by atoms with E-state index in [9.17, 15) is 9.59 Å². The molecule has 6 nitrogen and oxygen atoms in total. The Hall–Kier alpha value is -3.54. The van der Waals surface area contributed by atoms with Crippen LogP contribution in [0.2, 0.25) is 0 Å². The molecule has 0 saturated heterocycles. The topological polar surface area (TPSA) is 71.1 Å². The van der Waals surface area contributed by atoms with Crippen molar-refractivity contribution in [3.05, 3.63) is 59.7 Å². The van der Waals surface area contributed by atoms with Gasteiger partial charge in [-0.1, -0.05) is 43.5 Å². The molecule has 0 spiro atoms. The second kappa shape index (κ2) is 11.5. The Balaban J connectivity index is 1.83. The van der Waals surface area contributed by atoms with Crippen molar-refractivity contribution in [3.8, 4) is 23.0 Å². The summed E-state index contributed by atoms with van der Waals surface area (Å²) in [4.78, 5) is 26.7. The maximum Gasteiger partial charge on any atom is 0.169 e. The smallest absolute Gasteiger partial charge is 0.169 e. The lowest BCUT2D eigenvalue weighted by atomic mass is 9.68. The maximum absolute atomic E-state index is 13.4. The molecule has 34 heavy (non-hydrogen) atoms. The van der Waals surface area contributed by atoms with Gasteiger partial charge in [-0.2, -0.15) is 0 Å². The first-order valence-corrected chi connectivity index (χ1v) is 11.4. The lowest BCUT2D eigenvalue weighted by Crippen LogP contribution is -2.39. The van der Waals surface area contributed by atoms with Gasteiger partial charge >= 0.3 is 0 Å². The summed E-state index contributed by atoms with van der Waals surface area (Å²) in [5.74, 6) is 2.07. The Morgan fingerprint density at radius 1 is 0.647 bits per heavy atom. The molecule has 0 aromatic heterocycles. The number of ketones is 2. The predicted octanol–water partition coefficient (Wildman–Crippen LogP) is 5.54. The SMILES string of the molecule is COc1ccc(/C=C\C(=O)C2(C(=O)/C=C/c3ccc(OC)c(OC)c3)CCCCC2)cc1OC. The van der Waals surface area contributed by atoms with Crippen LogP contribution in [0.5, 0.6) is 23.0 Å². The van der Waals surface area contributed by atoms with E-state index in [4.69, 9.17) is 18.9 Å². The molecule has 1 saturated carbocycles. The normalized spacial score (nSPS) is 15.3. The fourth-order valence-corrected chi connectivity index (χ4v) is 4.35. The van der Waals surface area contributed by atoms with E-state index in [0.717, 1.165) is 30.4 Å². The molecule has 0 aliphatic heterocycles. The minimum atomic E-state index is -1.03. The zero-order valence-corrected chi connectivity index (χ0v) is 20.3. The summed E-state index contributed by atoms with van der Waals surface area (Å²) in [6, 6.07) is 10.9. The number of hydrogen-bond donors (Lipinski definition) is 0. The van der Waals surface area contributed by atoms with Crippen LogP contribution in [-0.2, 0) is 9.59 Å². The van der Waals surface area contributed by atoms with Gasteiger partial charge in [-0.25, -0.2) is 0 Å². The Labute approximate surface area is 201 Å². The Morgan fingerprint density at radius 3 is 1.44 bits per heavy atom. The number of rotatable bonds is 10. The first-order chi connectivity index (χ1) is 16.5. The van der Waals surface area contributed by atoms with Gasteiger partial charge in [0.2, 0.25) is 0 Å². The molecule has 2 aromatic rings. The van der Waals surface area contributed by atoms with E-state index in [1.165, 1.54) is 12.2 Å². The summed E-state index contributed by atoms with van der Waals surface area (Å²) in [6.07, 6.45) is 10.3. The van der Waals surface area contributed by atoms with E-state index in [-0.39, 0.29) is 11.6 Å². The van der Waals surface area contributed by atoms with Crippen molar-refractivity contribution in [2.45, 2.75) is 32.1 Å². The number of methoxy groups -OCH3 is 4. The molecular formula is C28H32O6. The van der Waals surface area contributed by atoms with Gasteiger partial charge in [0.25, 0.3) is 0 Å². The third kappa shape index (κ3) is 5.50. The monoisotopic (exact) mass is 464 g/mol. The van der Waals surface area contributed by atoms with E-state index in [1.54, 1.807) is 64.9 Å². The summed E-state index contributed by atoms with van der Waals surface area (Å²) in [7, 11) is 6.28. The minimum absolute atomic E-state index is 0.163. The summed E-state index contributed by atoms with van der Waals surface area (Å²) < 4.78 is 21.2. The van der Waals surface area contributed by atoms with Crippen molar-refractivity contribution in [1.82, 2.24) is 0 Å². The number of carbonyl (C=O) groups excluding carboxylic acids is 2. The fraction of sp³-hybridized carbons (Fsp3) is 0.357. The van der Waals surface area contributed by atoms with Crippen LogP contribution in [0.1, 0.15) is 43.2 Å². The molecule has 0 heterocycles.